The maximum Gasteiger partial charge on any atom is 0.251 e. The number of benzene rings is 2. The average Bonchev–Trinajstić information content (AvgIpc) is 2.66. The van der Waals surface area contributed by atoms with E-state index in [-0.39, 0.29) is 17.9 Å². The second-order valence-electron chi connectivity index (χ2n) is 6.28. The largest absolute Gasteiger partial charge is 0.382 e. The third-order valence-electron chi connectivity index (χ3n) is 4.19. The van der Waals surface area contributed by atoms with E-state index in [0.717, 1.165) is 23.1 Å². The molecule has 0 aliphatic rings. The fraction of sp³-hybridized carbons (Fsp3) is 0.333. The fourth-order valence-corrected chi connectivity index (χ4v) is 2.51. The van der Waals surface area contributed by atoms with Crippen LogP contribution in [-0.2, 0) is 16.1 Å². The first kappa shape index (κ1) is 19.7. The van der Waals surface area contributed by atoms with E-state index in [1.807, 2.05) is 55.5 Å². The maximum absolute atomic E-state index is 12.2. The predicted octanol–water partition coefficient (Wildman–Crippen LogP) is 3.14. The molecule has 2 amide bonds. The number of methoxy groups -OCH3 is 1. The van der Waals surface area contributed by atoms with Crippen molar-refractivity contribution in [1.29, 1.82) is 0 Å². The lowest BCUT2D eigenvalue weighted by Crippen LogP contribution is -2.26. The summed E-state index contributed by atoms with van der Waals surface area (Å²) >= 11 is 0. The van der Waals surface area contributed by atoms with E-state index in [1.165, 1.54) is 6.92 Å². The van der Waals surface area contributed by atoms with Crippen molar-refractivity contribution in [3.8, 4) is 11.1 Å². The van der Waals surface area contributed by atoms with E-state index in [9.17, 15) is 9.59 Å². The summed E-state index contributed by atoms with van der Waals surface area (Å²) in [6, 6.07) is 15.5. The zero-order valence-electron chi connectivity index (χ0n) is 15.5. The number of ether oxygens (including phenoxy) is 1. The molecule has 0 unspecified atom stereocenters. The summed E-state index contributed by atoms with van der Waals surface area (Å²) in [5.41, 5.74) is 3.74. The Hall–Kier alpha value is -2.66. The van der Waals surface area contributed by atoms with Crippen molar-refractivity contribution < 1.29 is 14.3 Å². The minimum Gasteiger partial charge on any atom is -0.382 e. The SMILES string of the molecule is CO[C@H](C)CCNC(=O)c1ccc(-c2cccc(CNC(C)=O)c2)cc1. The lowest BCUT2D eigenvalue weighted by Gasteiger charge is -2.10. The molecule has 0 aliphatic carbocycles. The number of rotatable bonds is 8. The number of amides is 2. The Morgan fingerprint density at radius 2 is 1.77 bits per heavy atom. The van der Waals surface area contributed by atoms with E-state index in [1.54, 1.807) is 7.11 Å². The first-order chi connectivity index (χ1) is 12.5. The molecule has 138 valence electrons. The Bertz CT molecular complexity index is 741. The van der Waals surface area contributed by atoms with E-state index >= 15 is 0 Å². The van der Waals surface area contributed by atoms with Crippen molar-refractivity contribution in [2.24, 2.45) is 0 Å². The Kier molecular flexibility index (Phi) is 7.36. The van der Waals surface area contributed by atoms with Crippen molar-refractivity contribution in [2.75, 3.05) is 13.7 Å². The van der Waals surface area contributed by atoms with Crippen molar-refractivity contribution in [2.45, 2.75) is 32.9 Å². The molecule has 2 aromatic carbocycles. The van der Waals surface area contributed by atoms with Gasteiger partial charge in [0.05, 0.1) is 6.10 Å². The van der Waals surface area contributed by atoms with Gasteiger partial charge < -0.3 is 15.4 Å². The summed E-state index contributed by atoms with van der Waals surface area (Å²) in [6.45, 7) is 4.56. The molecule has 26 heavy (non-hydrogen) atoms. The average molecular weight is 354 g/mol. The molecule has 0 bridgehead atoms. The zero-order chi connectivity index (χ0) is 18.9. The van der Waals surface area contributed by atoms with Crippen LogP contribution in [0.25, 0.3) is 11.1 Å². The van der Waals surface area contributed by atoms with E-state index < -0.39 is 0 Å². The second-order valence-corrected chi connectivity index (χ2v) is 6.28. The molecule has 2 rings (SSSR count). The fourth-order valence-electron chi connectivity index (χ4n) is 2.51. The van der Waals surface area contributed by atoms with Crippen LogP contribution >= 0.6 is 0 Å². The lowest BCUT2D eigenvalue weighted by molar-refractivity contribution is -0.119. The molecule has 0 saturated carbocycles. The third kappa shape index (κ3) is 6.01. The normalized spacial score (nSPS) is 11.7. The predicted molar refractivity (Wildman–Crippen MR) is 103 cm³/mol. The van der Waals surface area contributed by atoms with Gasteiger partial charge in [-0.25, -0.2) is 0 Å². The van der Waals surface area contributed by atoms with Gasteiger partial charge in [0.1, 0.15) is 0 Å². The summed E-state index contributed by atoms with van der Waals surface area (Å²) in [4.78, 5) is 23.2. The summed E-state index contributed by atoms with van der Waals surface area (Å²) in [5.74, 6) is -0.134. The molecule has 0 radical (unpaired) electrons. The van der Waals surface area contributed by atoms with Gasteiger partial charge in [-0.05, 0) is 48.2 Å². The van der Waals surface area contributed by atoms with Gasteiger partial charge in [-0.3, -0.25) is 9.59 Å². The maximum atomic E-state index is 12.2. The van der Waals surface area contributed by atoms with Crippen molar-refractivity contribution >= 4 is 11.8 Å². The quantitative estimate of drug-likeness (QED) is 0.765. The number of hydrogen-bond donors (Lipinski definition) is 2. The molecule has 0 saturated heterocycles. The van der Waals surface area contributed by atoms with Gasteiger partial charge in [0.2, 0.25) is 5.91 Å². The van der Waals surface area contributed by atoms with Crippen molar-refractivity contribution in [3.05, 3.63) is 59.7 Å². The van der Waals surface area contributed by atoms with Gasteiger partial charge in [0.25, 0.3) is 5.91 Å². The Morgan fingerprint density at radius 1 is 1.04 bits per heavy atom. The molecule has 5 heteroatoms. The minimum absolute atomic E-state index is 0.0503. The molecule has 1 atom stereocenters. The first-order valence-electron chi connectivity index (χ1n) is 8.74. The van der Waals surface area contributed by atoms with Gasteiger partial charge in [0, 0.05) is 32.7 Å². The highest BCUT2D eigenvalue weighted by Gasteiger charge is 2.07. The van der Waals surface area contributed by atoms with E-state index in [4.69, 9.17) is 4.74 Å². The smallest absolute Gasteiger partial charge is 0.251 e. The molecule has 0 heterocycles. The van der Waals surface area contributed by atoms with Gasteiger partial charge in [-0.1, -0.05) is 30.3 Å². The van der Waals surface area contributed by atoms with E-state index in [2.05, 4.69) is 10.6 Å². The van der Waals surface area contributed by atoms with Crippen LogP contribution in [0.1, 0.15) is 36.2 Å². The number of hydrogen-bond acceptors (Lipinski definition) is 3. The second kappa shape index (κ2) is 9.73. The Labute approximate surface area is 154 Å². The molecule has 2 N–H and O–H groups in total. The lowest BCUT2D eigenvalue weighted by atomic mass is 10.0. The molecule has 0 spiro atoms. The topological polar surface area (TPSA) is 67.4 Å². The minimum atomic E-state index is -0.0840. The number of carbonyl (C=O) groups excluding carboxylic acids is 2. The van der Waals surface area contributed by atoms with Crippen LogP contribution in [0.2, 0.25) is 0 Å². The highest BCUT2D eigenvalue weighted by molar-refractivity contribution is 5.94. The first-order valence-corrected chi connectivity index (χ1v) is 8.74. The highest BCUT2D eigenvalue weighted by Crippen LogP contribution is 2.21. The van der Waals surface area contributed by atoms with Gasteiger partial charge in [-0.2, -0.15) is 0 Å². The number of carbonyl (C=O) groups is 2. The van der Waals surface area contributed by atoms with Crippen LogP contribution < -0.4 is 10.6 Å². The van der Waals surface area contributed by atoms with Crippen molar-refractivity contribution in [1.82, 2.24) is 10.6 Å². The van der Waals surface area contributed by atoms with Gasteiger partial charge >= 0.3 is 0 Å². The van der Waals surface area contributed by atoms with Gasteiger partial charge in [0.15, 0.2) is 0 Å². The Morgan fingerprint density at radius 3 is 2.42 bits per heavy atom. The molecule has 0 aliphatic heterocycles. The zero-order valence-corrected chi connectivity index (χ0v) is 15.5. The van der Waals surface area contributed by atoms with Crippen LogP contribution in [0, 0.1) is 0 Å². The third-order valence-corrected chi connectivity index (χ3v) is 4.19. The van der Waals surface area contributed by atoms with Crippen molar-refractivity contribution in [3.63, 3.8) is 0 Å². The van der Waals surface area contributed by atoms with E-state index in [0.29, 0.717) is 18.7 Å². The molecular weight excluding hydrogens is 328 g/mol. The van der Waals surface area contributed by atoms with Gasteiger partial charge in [-0.15, -0.1) is 0 Å². The molecule has 5 nitrogen and oxygen atoms in total. The van der Waals surface area contributed by atoms with Crippen LogP contribution in [0.15, 0.2) is 48.5 Å². The Balaban J connectivity index is 1.99. The molecule has 2 aromatic rings. The van der Waals surface area contributed by atoms with Crippen LogP contribution in [0.3, 0.4) is 0 Å². The molecule has 0 aromatic heterocycles. The standard InChI is InChI=1S/C21H26N2O3/c1-15(26-3)11-12-22-21(25)19-9-7-18(8-10-19)20-6-4-5-17(13-20)14-23-16(2)24/h4-10,13,15H,11-12,14H2,1-3H3,(H,22,25)(H,23,24)/t15-/m1/s1. The van der Waals surface area contributed by atoms with Crippen LogP contribution in [0.4, 0.5) is 0 Å². The summed E-state index contributed by atoms with van der Waals surface area (Å²) in [6.07, 6.45) is 0.906. The highest BCUT2D eigenvalue weighted by atomic mass is 16.5. The van der Waals surface area contributed by atoms with Crippen LogP contribution in [0.5, 0.6) is 0 Å². The number of nitrogens with one attached hydrogen (secondary N) is 2. The summed E-state index contributed by atoms with van der Waals surface area (Å²) < 4.78 is 5.17. The summed E-state index contributed by atoms with van der Waals surface area (Å²) in [7, 11) is 1.66. The summed E-state index contributed by atoms with van der Waals surface area (Å²) in [5, 5.41) is 5.70. The monoisotopic (exact) mass is 354 g/mol. The van der Waals surface area contributed by atoms with Crippen LogP contribution in [-0.4, -0.2) is 31.6 Å². The molecular formula is C21H26N2O3. The molecule has 0 fully saturated rings.